The molecule has 1 rings (SSSR count). The molecule has 70 valence electrons. The number of carbonyl (C=O) groups excluding carboxylic acids is 1. The largest absolute Gasteiger partial charge is 0.469 e. The van der Waals surface area contributed by atoms with Crippen molar-refractivity contribution < 1.29 is 9.53 Å². The van der Waals surface area contributed by atoms with Crippen molar-refractivity contribution in [1.82, 2.24) is 9.97 Å². The Morgan fingerprint density at radius 1 is 1.69 bits per heavy atom. The van der Waals surface area contributed by atoms with Gasteiger partial charge in [-0.3, -0.25) is 4.79 Å². The van der Waals surface area contributed by atoms with Gasteiger partial charge in [0.15, 0.2) is 5.16 Å². The van der Waals surface area contributed by atoms with Gasteiger partial charge in [0.2, 0.25) is 0 Å². The van der Waals surface area contributed by atoms with Crippen LogP contribution in [0.1, 0.15) is 5.69 Å². The normalized spacial score (nSPS) is 9.69. The standard InChI is InChI=1S/C8H10N2O2S/c1-12-7(11)5-6-3-4-9-8(10-6)13-2/h3-4H,5H2,1-2H3. The second-order valence-electron chi connectivity index (χ2n) is 2.29. The fourth-order valence-electron chi connectivity index (χ4n) is 0.793. The van der Waals surface area contributed by atoms with Crippen LogP contribution < -0.4 is 0 Å². The van der Waals surface area contributed by atoms with Gasteiger partial charge in [-0.15, -0.1) is 0 Å². The average molecular weight is 198 g/mol. The molecule has 0 aliphatic carbocycles. The fraction of sp³-hybridized carbons (Fsp3) is 0.375. The molecule has 1 heterocycles. The van der Waals surface area contributed by atoms with E-state index in [2.05, 4.69) is 14.7 Å². The summed E-state index contributed by atoms with van der Waals surface area (Å²) in [5.74, 6) is -0.286. The first-order valence-corrected chi connectivity index (χ1v) is 4.91. The molecule has 0 atom stereocenters. The van der Waals surface area contributed by atoms with Gasteiger partial charge < -0.3 is 4.74 Å². The zero-order valence-electron chi connectivity index (χ0n) is 7.48. The highest BCUT2D eigenvalue weighted by atomic mass is 32.2. The first-order valence-electron chi connectivity index (χ1n) is 3.69. The molecular weight excluding hydrogens is 188 g/mol. The van der Waals surface area contributed by atoms with Gasteiger partial charge in [-0.2, -0.15) is 0 Å². The van der Waals surface area contributed by atoms with Crippen LogP contribution in [0.2, 0.25) is 0 Å². The van der Waals surface area contributed by atoms with E-state index in [4.69, 9.17) is 0 Å². The predicted molar refractivity (Wildman–Crippen MR) is 49.5 cm³/mol. The van der Waals surface area contributed by atoms with Crippen LogP contribution >= 0.6 is 11.8 Å². The van der Waals surface area contributed by atoms with Gasteiger partial charge in [-0.25, -0.2) is 9.97 Å². The van der Waals surface area contributed by atoms with Crippen LogP contribution in [0, 0.1) is 0 Å². The summed E-state index contributed by atoms with van der Waals surface area (Å²) in [4.78, 5) is 19.0. The molecule has 1 aromatic heterocycles. The van der Waals surface area contributed by atoms with Gasteiger partial charge in [0.25, 0.3) is 0 Å². The second-order valence-corrected chi connectivity index (χ2v) is 3.06. The second kappa shape index (κ2) is 4.81. The van der Waals surface area contributed by atoms with Crippen molar-refractivity contribution in [2.24, 2.45) is 0 Å². The van der Waals surface area contributed by atoms with E-state index in [9.17, 15) is 4.79 Å². The van der Waals surface area contributed by atoms with Crippen LogP contribution in [0.15, 0.2) is 17.4 Å². The molecule has 0 spiro atoms. The minimum absolute atomic E-state index is 0.201. The Labute approximate surface area is 80.7 Å². The number of nitrogens with zero attached hydrogens (tertiary/aromatic N) is 2. The maximum Gasteiger partial charge on any atom is 0.311 e. The number of thioether (sulfide) groups is 1. The number of carbonyl (C=O) groups is 1. The van der Waals surface area contributed by atoms with Crippen LogP contribution in [-0.2, 0) is 16.0 Å². The van der Waals surface area contributed by atoms with E-state index in [1.54, 1.807) is 12.3 Å². The van der Waals surface area contributed by atoms with Gasteiger partial charge in [0.1, 0.15) is 0 Å². The molecule has 0 saturated heterocycles. The molecular formula is C8H10N2O2S. The predicted octanol–water partition coefficient (Wildman–Crippen LogP) is 0.914. The van der Waals surface area contributed by atoms with Crippen LogP contribution in [0.25, 0.3) is 0 Å². The highest BCUT2D eigenvalue weighted by Crippen LogP contribution is 2.07. The summed E-state index contributed by atoms with van der Waals surface area (Å²) in [6.45, 7) is 0. The minimum atomic E-state index is -0.286. The molecule has 0 N–H and O–H groups in total. The summed E-state index contributed by atoms with van der Waals surface area (Å²) in [7, 11) is 1.36. The van der Waals surface area contributed by atoms with Gasteiger partial charge in [0, 0.05) is 6.20 Å². The molecule has 0 aliphatic heterocycles. The summed E-state index contributed by atoms with van der Waals surface area (Å²) in [5, 5.41) is 0.668. The first kappa shape index (κ1) is 9.98. The van der Waals surface area contributed by atoms with Crippen molar-refractivity contribution in [2.45, 2.75) is 11.6 Å². The molecule has 13 heavy (non-hydrogen) atoms. The maximum atomic E-state index is 10.9. The number of hydrogen-bond donors (Lipinski definition) is 0. The third-order valence-electron chi connectivity index (χ3n) is 1.43. The van der Waals surface area contributed by atoms with Crippen molar-refractivity contribution in [3.63, 3.8) is 0 Å². The molecule has 0 aromatic carbocycles. The monoisotopic (exact) mass is 198 g/mol. The van der Waals surface area contributed by atoms with Crippen molar-refractivity contribution >= 4 is 17.7 Å². The quantitative estimate of drug-likeness (QED) is 0.410. The van der Waals surface area contributed by atoms with E-state index >= 15 is 0 Å². The molecule has 0 saturated carbocycles. The Hall–Kier alpha value is -1.10. The Morgan fingerprint density at radius 2 is 2.46 bits per heavy atom. The zero-order valence-corrected chi connectivity index (χ0v) is 8.30. The Bertz CT molecular complexity index is 304. The third kappa shape index (κ3) is 3.02. The van der Waals surface area contributed by atoms with E-state index in [1.165, 1.54) is 18.9 Å². The molecule has 1 aromatic rings. The summed E-state index contributed by atoms with van der Waals surface area (Å²) >= 11 is 1.44. The van der Waals surface area contributed by atoms with E-state index in [1.807, 2.05) is 6.26 Å². The van der Waals surface area contributed by atoms with Crippen molar-refractivity contribution in [3.8, 4) is 0 Å². The molecule has 0 amide bonds. The molecule has 0 fully saturated rings. The molecule has 4 nitrogen and oxygen atoms in total. The lowest BCUT2D eigenvalue weighted by Gasteiger charge is -1.99. The van der Waals surface area contributed by atoms with Crippen LogP contribution in [-0.4, -0.2) is 29.3 Å². The van der Waals surface area contributed by atoms with Gasteiger partial charge >= 0.3 is 5.97 Å². The SMILES string of the molecule is COC(=O)Cc1ccnc(SC)n1. The van der Waals surface area contributed by atoms with E-state index < -0.39 is 0 Å². The summed E-state index contributed by atoms with van der Waals surface area (Å²) < 4.78 is 4.52. The Kier molecular flexibility index (Phi) is 3.70. The van der Waals surface area contributed by atoms with E-state index in [-0.39, 0.29) is 12.4 Å². The highest BCUT2D eigenvalue weighted by Gasteiger charge is 2.04. The molecule has 5 heteroatoms. The van der Waals surface area contributed by atoms with Crippen molar-refractivity contribution in [1.29, 1.82) is 0 Å². The number of aromatic nitrogens is 2. The Balaban J connectivity index is 2.71. The highest BCUT2D eigenvalue weighted by molar-refractivity contribution is 7.98. The third-order valence-corrected chi connectivity index (χ3v) is 1.99. The smallest absolute Gasteiger partial charge is 0.311 e. The van der Waals surface area contributed by atoms with Crippen LogP contribution in [0.4, 0.5) is 0 Å². The number of rotatable bonds is 3. The van der Waals surface area contributed by atoms with Crippen molar-refractivity contribution in [3.05, 3.63) is 18.0 Å². The van der Waals surface area contributed by atoms with Gasteiger partial charge in [0.05, 0.1) is 19.2 Å². The molecule has 0 unspecified atom stereocenters. The number of hydrogen-bond acceptors (Lipinski definition) is 5. The van der Waals surface area contributed by atoms with Crippen molar-refractivity contribution in [2.75, 3.05) is 13.4 Å². The molecule has 0 aliphatic rings. The molecule has 0 radical (unpaired) electrons. The van der Waals surface area contributed by atoms with Crippen LogP contribution in [0.3, 0.4) is 0 Å². The lowest BCUT2D eigenvalue weighted by molar-refractivity contribution is -0.139. The summed E-state index contributed by atoms with van der Waals surface area (Å²) in [6, 6.07) is 1.70. The summed E-state index contributed by atoms with van der Waals surface area (Å²) in [6.07, 6.45) is 3.72. The topological polar surface area (TPSA) is 52.1 Å². The zero-order chi connectivity index (χ0) is 9.68. The minimum Gasteiger partial charge on any atom is -0.469 e. The first-order chi connectivity index (χ1) is 6.26. The van der Waals surface area contributed by atoms with Gasteiger partial charge in [-0.1, -0.05) is 11.8 Å². The number of methoxy groups -OCH3 is 1. The lowest BCUT2D eigenvalue weighted by Crippen LogP contribution is -2.06. The maximum absolute atomic E-state index is 10.9. The lowest BCUT2D eigenvalue weighted by atomic mass is 10.3. The number of ether oxygens (including phenoxy) is 1. The van der Waals surface area contributed by atoms with E-state index in [0.29, 0.717) is 10.9 Å². The van der Waals surface area contributed by atoms with E-state index in [0.717, 1.165) is 0 Å². The average Bonchev–Trinajstić information content (AvgIpc) is 2.18. The Morgan fingerprint density at radius 3 is 3.08 bits per heavy atom. The van der Waals surface area contributed by atoms with Gasteiger partial charge in [-0.05, 0) is 12.3 Å². The summed E-state index contributed by atoms with van der Waals surface area (Å²) in [5.41, 5.74) is 0.686. The molecule has 0 bridgehead atoms. The number of esters is 1. The van der Waals surface area contributed by atoms with Crippen LogP contribution in [0.5, 0.6) is 0 Å². The fourth-order valence-corrected chi connectivity index (χ4v) is 1.17.